The summed E-state index contributed by atoms with van der Waals surface area (Å²) in [6.07, 6.45) is 0. The van der Waals surface area contributed by atoms with E-state index >= 15 is 0 Å². The Morgan fingerprint density at radius 3 is 2.82 bits per heavy atom. The van der Waals surface area contributed by atoms with Gasteiger partial charge in [-0.25, -0.2) is 5.90 Å². The lowest BCUT2D eigenvalue weighted by Crippen LogP contribution is -1.99. The number of nitrogens with two attached hydrogens (primary N) is 1. The van der Waals surface area contributed by atoms with Crippen molar-refractivity contribution < 1.29 is 9.94 Å². The highest BCUT2D eigenvalue weighted by molar-refractivity contribution is 9.10. The second kappa shape index (κ2) is 3.71. The number of rotatable bonds is 2. The molecule has 0 heterocycles. The van der Waals surface area contributed by atoms with Gasteiger partial charge in [0.1, 0.15) is 5.75 Å². The molecule has 0 saturated heterocycles. The van der Waals surface area contributed by atoms with E-state index in [0.29, 0.717) is 6.61 Å². The molecule has 0 aliphatic rings. The van der Waals surface area contributed by atoms with Gasteiger partial charge in [-0.15, -0.1) is 0 Å². The van der Waals surface area contributed by atoms with Gasteiger partial charge >= 0.3 is 0 Å². The number of hydrogen-bond acceptors (Lipinski definition) is 3. The number of halogens is 1. The van der Waals surface area contributed by atoms with Gasteiger partial charge in [0, 0.05) is 4.47 Å². The molecule has 4 heteroatoms. The molecule has 1 rings (SSSR count). The molecule has 0 atom stereocenters. The highest BCUT2D eigenvalue weighted by atomic mass is 79.9. The van der Waals surface area contributed by atoms with Gasteiger partial charge in [0.15, 0.2) is 0 Å². The Balaban J connectivity index is 2.90. The van der Waals surface area contributed by atoms with Crippen LogP contribution in [0, 0.1) is 0 Å². The summed E-state index contributed by atoms with van der Waals surface area (Å²) in [7, 11) is 0. The van der Waals surface area contributed by atoms with Gasteiger partial charge in [-0.05, 0) is 17.7 Å². The van der Waals surface area contributed by atoms with Gasteiger partial charge in [0.2, 0.25) is 0 Å². The number of benzene rings is 1. The molecule has 0 aliphatic heterocycles. The Morgan fingerprint density at radius 2 is 2.27 bits per heavy atom. The molecule has 0 amide bonds. The summed E-state index contributed by atoms with van der Waals surface area (Å²) >= 11 is 3.25. The third-order valence-corrected chi connectivity index (χ3v) is 2.01. The Bertz CT molecular complexity index is 252. The van der Waals surface area contributed by atoms with Crippen molar-refractivity contribution in [2.75, 3.05) is 0 Å². The highest BCUT2D eigenvalue weighted by Crippen LogP contribution is 2.22. The molecular formula is C7H8BrNO2. The minimum atomic E-state index is 0.220. The van der Waals surface area contributed by atoms with Gasteiger partial charge in [0.05, 0.1) is 6.61 Å². The zero-order valence-electron chi connectivity index (χ0n) is 5.75. The topological polar surface area (TPSA) is 55.5 Å². The maximum absolute atomic E-state index is 9.00. The summed E-state index contributed by atoms with van der Waals surface area (Å²) in [5, 5.41) is 9.00. The van der Waals surface area contributed by atoms with Crippen molar-refractivity contribution in [1.29, 1.82) is 0 Å². The SMILES string of the molecule is NOCc1ccc(O)cc1Br. The van der Waals surface area contributed by atoms with E-state index in [4.69, 9.17) is 11.0 Å². The number of hydrogen-bond donors (Lipinski definition) is 2. The maximum Gasteiger partial charge on any atom is 0.116 e. The zero-order valence-corrected chi connectivity index (χ0v) is 7.34. The standard InChI is InChI=1S/C7H8BrNO2/c8-7-3-6(10)2-1-5(7)4-11-9/h1-3,10H,4,9H2. The molecule has 0 fully saturated rings. The van der Waals surface area contributed by atoms with Crippen molar-refractivity contribution in [3.05, 3.63) is 28.2 Å². The number of aromatic hydroxyl groups is 1. The molecule has 3 N–H and O–H groups in total. The fourth-order valence-corrected chi connectivity index (χ4v) is 1.22. The summed E-state index contributed by atoms with van der Waals surface area (Å²) in [4.78, 5) is 4.44. The van der Waals surface area contributed by atoms with Crippen molar-refractivity contribution in [2.24, 2.45) is 5.90 Å². The molecule has 0 aliphatic carbocycles. The van der Waals surface area contributed by atoms with Gasteiger partial charge in [0.25, 0.3) is 0 Å². The van der Waals surface area contributed by atoms with Crippen LogP contribution in [0.3, 0.4) is 0 Å². The predicted octanol–water partition coefficient (Wildman–Crippen LogP) is 1.54. The van der Waals surface area contributed by atoms with Crippen LogP contribution in [0.5, 0.6) is 5.75 Å². The highest BCUT2D eigenvalue weighted by Gasteiger charge is 1.99. The van der Waals surface area contributed by atoms with E-state index in [1.54, 1.807) is 18.2 Å². The Hall–Kier alpha value is -0.580. The van der Waals surface area contributed by atoms with Gasteiger partial charge < -0.3 is 5.11 Å². The fourth-order valence-electron chi connectivity index (χ4n) is 0.743. The molecule has 0 saturated carbocycles. The second-order valence-corrected chi connectivity index (χ2v) is 2.94. The molecule has 0 aromatic heterocycles. The van der Waals surface area contributed by atoms with E-state index in [0.717, 1.165) is 10.0 Å². The van der Waals surface area contributed by atoms with E-state index in [-0.39, 0.29) is 5.75 Å². The van der Waals surface area contributed by atoms with Crippen molar-refractivity contribution in [3.8, 4) is 5.75 Å². The molecule has 0 bridgehead atoms. The van der Waals surface area contributed by atoms with E-state index in [9.17, 15) is 0 Å². The van der Waals surface area contributed by atoms with Gasteiger partial charge in [-0.1, -0.05) is 22.0 Å². The summed E-state index contributed by atoms with van der Waals surface area (Å²) in [5.74, 6) is 5.10. The first kappa shape index (κ1) is 8.52. The van der Waals surface area contributed by atoms with Crippen LogP contribution in [0.15, 0.2) is 22.7 Å². The quantitative estimate of drug-likeness (QED) is 0.740. The number of phenolic OH excluding ortho intramolecular Hbond substituents is 1. The number of phenols is 1. The lowest BCUT2D eigenvalue weighted by molar-refractivity contribution is 0.123. The summed E-state index contributed by atoms with van der Waals surface area (Å²) in [6.45, 7) is 0.334. The summed E-state index contributed by atoms with van der Waals surface area (Å²) in [6, 6.07) is 4.92. The first-order valence-corrected chi connectivity index (χ1v) is 3.82. The van der Waals surface area contributed by atoms with E-state index in [1.165, 1.54) is 0 Å². The first-order chi connectivity index (χ1) is 5.24. The maximum atomic E-state index is 9.00. The van der Waals surface area contributed by atoms with Crippen LogP contribution >= 0.6 is 15.9 Å². The smallest absolute Gasteiger partial charge is 0.116 e. The Morgan fingerprint density at radius 1 is 1.55 bits per heavy atom. The van der Waals surface area contributed by atoms with E-state index in [1.807, 2.05) is 0 Å². The fraction of sp³-hybridized carbons (Fsp3) is 0.143. The minimum absolute atomic E-state index is 0.220. The largest absolute Gasteiger partial charge is 0.508 e. The lowest BCUT2D eigenvalue weighted by atomic mass is 10.2. The van der Waals surface area contributed by atoms with Gasteiger partial charge in [-0.2, -0.15) is 0 Å². The molecule has 0 spiro atoms. The zero-order chi connectivity index (χ0) is 8.27. The average Bonchev–Trinajstić information content (AvgIpc) is 1.95. The molecule has 0 unspecified atom stereocenters. The van der Waals surface area contributed by atoms with Gasteiger partial charge in [-0.3, -0.25) is 4.84 Å². The first-order valence-electron chi connectivity index (χ1n) is 3.03. The lowest BCUT2D eigenvalue weighted by Gasteiger charge is -2.01. The van der Waals surface area contributed by atoms with Crippen molar-refractivity contribution in [3.63, 3.8) is 0 Å². The van der Waals surface area contributed by atoms with Crippen LogP contribution in [-0.4, -0.2) is 5.11 Å². The molecule has 11 heavy (non-hydrogen) atoms. The monoisotopic (exact) mass is 217 g/mol. The molecule has 1 aromatic carbocycles. The third kappa shape index (κ3) is 2.18. The molecule has 1 aromatic rings. The minimum Gasteiger partial charge on any atom is -0.508 e. The van der Waals surface area contributed by atoms with Crippen LogP contribution in [0.25, 0.3) is 0 Å². The normalized spacial score (nSPS) is 10.0. The van der Waals surface area contributed by atoms with Crippen LogP contribution in [0.4, 0.5) is 0 Å². The molecular weight excluding hydrogens is 210 g/mol. The van der Waals surface area contributed by atoms with E-state index in [2.05, 4.69) is 20.8 Å². The summed E-state index contributed by atoms with van der Waals surface area (Å²) < 4.78 is 0.794. The Kier molecular flexibility index (Phi) is 2.87. The van der Waals surface area contributed by atoms with Crippen molar-refractivity contribution in [1.82, 2.24) is 0 Å². The molecule has 3 nitrogen and oxygen atoms in total. The summed E-state index contributed by atoms with van der Waals surface area (Å²) in [5.41, 5.74) is 0.908. The van der Waals surface area contributed by atoms with Crippen LogP contribution in [-0.2, 0) is 11.4 Å². The third-order valence-electron chi connectivity index (χ3n) is 1.28. The van der Waals surface area contributed by atoms with Crippen LogP contribution in [0.1, 0.15) is 5.56 Å². The molecule has 60 valence electrons. The second-order valence-electron chi connectivity index (χ2n) is 2.09. The average molecular weight is 218 g/mol. The van der Waals surface area contributed by atoms with Crippen molar-refractivity contribution in [2.45, 2.75) is 6.61 Å². The predicted molar refractivity (Wildman–Crippen MR) is 44.8 cm³/mol. The molecule has 0 radical (unpaired) electrons. The Labute approximate surface area is 72.9 Å². The van der Waals surface area contributed by atoms with Crippen LogP contribution in [0.2, 0.25) is 0 Å². The van der Waals surface area contributed by atoms with Crippen LogP contribution < -0.4 is 5.90 Å². The van der Waals surface area contributed by atoms with Crippen molar-refractivity contribution >= 4 is 15.9 Å². The van der Waals surface area contributed by atoms with E-state index < -0.39 is 0 Å².